The Balaban J connectivity index is 1.98. The summed E-state index contributed by atoms with van der Waals surface area (Å²) in [6.45, 7) is 2.96. The summed E-state index contributed by atoms with van der Waals surface area (Å²) >= 11 is 0. The van der Waals surface area contributed by atoms with E-state index >= 15 is 0 Å². The maximum Gasteiger partial charge on any atom is 0.153 e. The van der Waals surface area contributed by atoms with Crippen LogP contribution in [0.25, 0.3) is 0 Å². The van der Waals surface area contributed by atoms with Crippen LogP contribution in [0.15, 0.2) is 24.3 Å². The molecule has 0 bridgehead atoms. The van der Waals surface area contributed by atoms with Crippen molar-refractivity contribution in [1.82, 2.24) is 0 Å². The fourth-order valence-electron chi connectivity index (χ4n) is 2.30. The SMILES string of the molecule is CCCCCCCCCCCOc1ccccc1C=O. The minimum Gasteiger partial charge on any atom is -0.493 e. The number of para-hydroxylation sites is 1. The van der Waals surface area contributed by atoms with Gasteiger partial charge in [-0.15, -0.1) is 0 Å². The number of unbranched alkanes of at least 4 members (excludes halogenated alkanes) is 8. The molecule has 0 N–H and O–H groups in total. The maximum atomic E-state index is 10.8. The Kier molecular flexibility index (Phi) is 9.64. The molecule has 20 heavy (non-hydrogen) atoms. The summed E-state index contributed by atoms with van der Waals surface area (Å²) < 4.78 is 5.66. The second kappa shape index (κ2) is 11.5. The molecule has 0 atom stereocenters. The number of carbonyl (C=O) groups is 1. The van der Waals surface area contributed by atoms with Gasteiger partial charge in [0, 0.05) is 0 Å². The van der Waals surface area contributed by atoms with Crippen molar-refractivity contribution < 1.29 is 9.53 Å². The van der Waals surface area contributed by atoms with Crippen LogP contribution >= 0.6 is 0 Å². The second-order valence-corrected chi connectivity index (χ2v) is 5.33. The summed E-state index contributed by atoms with van der Waals surface area (Å²) in [5.74, 6) is 0.710. The zero-order valence-electron chi connectivity index (χ0n) is 12.8. The molecule has 0 spiro atoms. The van der Waals surface area contributed by atoms with Gasteiger partial charge in [-0.1, -0.05) is 70.4 Å². The molecule has 2 nitrogen and oxygen atoms in total. The predicted molar refractivity (Wildman–Crippen MR) is 84.6 cm³/mol. The van der Waals surface area contributed by atoms with Crippen LogP contribution in [0.4, 0.5) is 0 Å². The van der Waals surface area contributed by atoms with Crippen molar-refractivity contribution in [1.29, 1.82) is 0 Å². The Labute approximate surface area is 123 Å². The van der Waals surface area contributed by atoms with Gasteiger partial charge in [0.2, 0.25) is 0 Å². The highest BCUT2D eigenvalue weighted by Gasteiger charge is 2.00. The monoisotopic (exact) mass is 276 g/mol. The first kappa shape index (κ1) is 16.7. The molecule has 112 valence electrons. The molecule has 0 aliphatic rings. The Morgan fingerprint density at radius 3 is 2.15 bits per heavy atom. The zero-order chi connectivity index (χ0) is 14.5. The van der Waals surface area contributed by atoms with Gasteiger partial charge in [0.1, 0.15) is 5.75 Å². The number of rotatable bonds is 12. The van der Waals surface area contributed by atoms with Crippen LogP contribution < -0.4 is 4.74 Å². The number of hydrogen-bond acceptors (Lipinski definition) is 2. The van der Waals surface area contributed by atoms with E-state index in [-0.39, 0.29) is 0 Å². The van der Waals surface area contributed by atoms with Crippen molar-refractivity contribution in [2.45, 2.75) is 64.7 Å². The van der Waals surface area contributed by atoms with Gasteiger partial charge in [-0.25, -0.2) is 0 Å². The van der Waals surface area contributed by atoms with E-state index in [4.69, 9.17) is 4.74 Å². The largest absolute Gasteiger partial charge is 0.493 e. The van der Waals surface area contributed by atoms with E-state index in [1.807, 2.05) is 18.2 Å². The molecule has 1 rings (SSSR count). The lowest BCUT2D eigenvalue weighted by Gasteiger charge is -2.08. The standard InChI is InChI=1S/C18H28O2/c1-2-3-4-5-6-7-8-9-12-15-20-18-14-11-10-13-17(18)16-19/h10-11,13-14,16H,2-9,12,15H2,1H3. The van der Waals surface area contributed by atoms with Crippen LogP contribution in [0.1, 0.15) is 75.1 Å². The Hall–Kier alpha value is -1.31. The topological polar surface area (TPSA) is 26.3 Å². The van der Waals surface area contributed by atoms with E-state index in [0.29, 0.717) is 17.9 Å². The third-order valence-electron chi connectivity index (χ3n) is 3.55. The Morgan fingerprint density at radius 2 is 1.50 bits per heavy atom. The van der Waals surface area contributed by atoms with E-state index < -0.39 is 0 Å². The van der Waals surface area contributed by atoms with Crippen LogP contribution in [-0.4, -0.2) is 12.9 Å². The first-order valence-electron chi connectivity index (χ1n) is 8.05. The Bertz CT molecular complexity index is 360. The van der Waals surface area contributed by atoms with Crippen LogP contribution in [0.2, 0.25) is 0 Å². The summed E-state index contributed by atoms with van der Waals surface area (Å²) in [4.78, 5) is 10.8. The molecule has 0 amide bonds. The third-order valence-corrected chi connectivity index (χ3v) is 3.55. The van der Waals surface area contributed by atoms with Gasteiger partial charge in [-0.2, -0.15) is 0 Å². The molecule has 0 saturated carbocycles. The van der Waals surface area contributed by atoms with Gasteiger partial charge >= 0.3 is 0 Å². The van der Waals surface area contributed by atoms with Gasteiger partial charge in [-0.05, 0) is 18.6 Å². The molecule has 1 aromatic rings. The zero-order valence-corrected chi connectivity index (χ0v) is 12.8. The van der Waals surface area contributed by atoms with Gasteiger partial charge in [0.25, 0.3) is 0 Å². The lowest BCUT2D eigenvalue weighted by molar-refractivity contribution is 0.111. The summed E-state index contributed by atoms with van der Waals surface area (Å²) in [6.07, 6.45) is 12.6. The number of benzene rings is 1. The lowest BCUT2D eigenvalue weighted by Crippen LogP contribution is -1.99. The fourth-order valence-corrected chi connectivity index (χ4v) is 2.30. The van der Waals surface area contributed by atoms with Crippen LogP contribution in [-0.2, 0) is 0 Å². The first-order chi connectivity index (χ1) is 9.88. The molecule has 0 fully saturated rings. The van der Waals surface area contributed by atoms with Crippen molar-refractivity contribution in [2.75, 3.05) is 6.61 Å². The van der Waals surface area contributed by atoms with E-state index in [9.17, 15) is 4.79 Å². The average molecular weight is 276 g/mol. The molecule has 2 heteroatoms. The van der Waals surface area contributed by atoms with Crippen LogP contribution in [0.3, 0.4) is 0 Å². The number of ether oxygens (including phenoxy) is 1. The average Bonchev–Trinajstić information content (AvgIpc) is 2.49. The van der Waals surface area contributed by atoms with Gasteiger partial charge in [0.15, 0.2) is 6.29 Å². The summed E-state index contributed by atoms with van der Waals surface area (Å²) in [7, 11) is 0. The summed E-state index contributed by atoms with van der Waals surface area (Å²) in [5.41, 5.74) is 0.642. The maximum absolute atomic E-state index is 10.8. The normalized spacial score (nSPS) is 10.4. The van der Waals surface area contributed by atoms with Crippen molar-refractivity contribution in [3.05, 3.63) is 29.8 Å². The molecule has 0 saturated heterocycles. The molecule has 0 aliphatic carbocycles. The van der Waals surface area contributed by atoms with Gasteiger partial charge in [-0.3, -0.25) is 4.79 Å². The van der Waals surface area contributed by atoms with Crippen LogP contribution in [0, 0.1) is 0 Å². The molecule has 0 heterocycles. The molecule has 0 radical (unpaired) electrons. The minimum absolute atomic E-state index is 0.642. The molecule has 0 aliphatic heterocycles. The molecule has 0 unspecified atom stereocenters. The number of aldehydes is 1. The first-order valence-corrected chi connectivity index (χ1v) is 8.05. The van der Waals surface area contributed by atoms with E-state index in [1.165, 1.54) is 51.4 Å². The quantitative estimate of drug-likeness (QED) is 0.377. The minimum atomic E-state index is 0.642. The fraction of sp³-hybridized carbons (Fsp3) is 0.611. The van der Waals surface area contributed by atoms with Crippen molar-refractivity contribution in [3.63, 3.8) is 0 Å². The van der Waals surface area contributed by atoms with E-state index in [0.717, 1.165) is 12.7 Å². The van der Waals surface area contributed by atoms with Gasteiger partial charge in [0.05, 0.1) is 12.2 Å². The lowest BCUT2D eigenvalue weighted by atomic mass is 10.1. The number of carbonyl (C=O) groups excluding carboxylic acids is 1. The predicted octanol–water partition coefficient (Wildman–Crippen LogP) is 5.41. The Morgan fingerprint density at radius 1 is 0.900 bits per heavy atom. The molecular formula is C18H28O2. The summed E-state index contributed by atoms with van der Waals surface area (Å²) in [5, 5.41) is 0. The van der Waals surface area contributed by atoms with Crippen LogP contribution in [0.5, 0.6) is 5.75 Å². The van der Waals surface area contributed by atoms with Crippen molar-refractivity contribution >= 4 is 6.29 Å². The van der Waals surface area contributed by atoms with Crippen molar-refractivity contribution in [3.8, 4) is 5.75 Å². The third kappa shape index (κ3) is 7.32. The van der Waals surface area contributed by atoms with E-state index in [2.05, 4.69) is 6.92 Å². The summed E-state index contributed by atoms with van der Waals surface area (Å²) in [6, 6.07) is 7.41. The highest BCUT2D eigenvalue weighted by Crippen LogP contribution is 2.16. The van der Waals surface area contributed by atoms with E-state index in [1.54, 1.807) is 6.07 Å². The molecule has 1 aromatic carbocycles. The van der Waals surface area contributed by atoms with Crippen molar-refractivity contribution in [2.24, 2.45) is 0 Å². The number of hydrogen-bond donors (Lipinski definition) is 0. The molecule has 0 aromatic heterocycles. The molecular weight excluding hydrogens is 248 g/mol. The highest BCUT2D eigenvalue weighted by atomic mass is 16.5. The smallest absolute Gasteiger partial charge is 0.153 e. The second-order valence-electron chi connectivity index (χ2n) is 5.33. The van der Waals surface area contributed by atoms with Gasteiger partial charge < -0.3 is 4.74 Å². The highest BCUT2D eigenvalue weighted by molar-refractivity contribution is 5.79.